The van der Waals surface area contributed by atoms with Gasteiger partial charge in [-0.05, 0) is 37.7 Å². The first kappa shape index (κ1) is 15.8. The van der Waals surface area contributed by atoms with E-state index in [0.717, 1.165) is 31.6 Å². The van der Waals surface area contributed by atoms with Gasteiger partial charge in [0.05, 0.1) is 17.3 Å². The Bertz CT molecular complexity index is 763. The van der Waals surface area contributed by atoms with Gasteiger partial charge < -0.3 is 0 Å². The van der Waals surface area contributed by atoms with Gasteiger partial charge in [0.15, 0.2) is 5.65 Å². The molecule has 0 bridgehead atoms. The summed E-state index contributed by atoms with van der Waals surface area (Å²) in [4.78, 5) is 2.20. The first-order valence-electron chi connectivity index (χ1n) is 6.91. The summed E-state index contributed by atoms with van der Waals surface area (Å²) in [7, 11) is 0. The SMILES string of the molecule is CCN(Cn1nc2c(Cl)cc(C(F)(F)F)cn2c1=S)C1CC1. The van der Waals surface area contributed by atoms with E-state index in [0.29, 0.717) is 12.7 Å². The van der Waals surface area contributed by atoms with Crippen LogP contribution in [0.25, 0.3) is 5.65 Å². The Morgan fingerprint density at radius 2 is 2.14 bits per heavy atom. The fourth-order valence-corrected chi connectivity index (χ4v) is 2.89. The van der Waals surface area contributed by atoms with Gasteiger partial charge in [-0.2, -0.15) is 13.2 Å². The van der Waals surface area contributed by atoms with E-state index in [9.17, 15) is 13.2 Å². The molecule has 1 saturated carbocycles. The van der Waals surface area contributed by atoms with Crippen LogP contribution >= 0.6 is 23.8 Å². The zero-order valence-electron chi connectivity index (χ0n) is 11.8. The van der Waals surface area contributed by atoms with Crippen molar-refractivity contribution < 1.29 is 13.2 Å². The Morgan fingerprint density at radius 3 is 2.68 bits per heavy atom. The number of nitrogens with zero attached hydrogens (tertiary/aromatic N) is 4. The van der Waals surface area contributed by atoms with Crippen LogP contribution in [-0.2, 0) is 12.8 Å². The lowest BCUT2D eigenvalue weighted by Gasteiger charge is -2.18. The van der Waals surface area contributed by atoms with Crippen molar-refractivity contribution in [1.82, 2.24) is 19.1 Å². The van der Waals surface area contributed by atoms with Crippen LogP contribution in [0.5, 0.6) is 0 Å². The zero-order chi connectivity index (χ0) is 16.1. The van der Waals surface area contributed by atoms with E-state index in [1.807, 2.05) is 6.92 Å². The van der Waals surface area contributed by atoms with Gasteiger partial charge in [-0.25, -0.2) is 4.68 Å². The summed E-state index contributed by atoms with van der Waals surface area (Å²) >= 11 is 11.2. The number of rotatable bonds is 4. The van der Waals surface area contributed by atoms with Crippen LogP contribution in [0.2, 0.25) is 5.02 Å². The highest BCUT2D eigenvalue weighted by atomic mass is 35.5. The Kier molecular flexibility index (Phi) is 3.94. The molecule has 2 aromatic rings. The number of hydrogen-bond donors (Lipinski definition) is 0. The van der Waals surface area contributed by atoms with Crippen LogP contribution in [0.15, 0.2) is 12.3 Å². The molecule has 0 radical (unpaired) electrons. The molecule has 0 N–H and O–H groups in total. The molecule has 1 aliphatic carbocycles. The maximum absolute atomic E-state index is 12.9. The van der Waals surface area contributed by atoms with Crippen molar-refractivity contribution in [1.29, 1.82) is 0 Å². The second-order valence-corrected chi connectivity index (χ2v) is 6.10. The van der Waals surface area contributed by atoms with E-state index < -0.39 is 11.7 Å². The molecular formula is C13H14ClF3N4S. The second-order valence-electron chi connectivity index (χ2n) is 5.33. The summed E-state index contributed by atoms with van der Waals surface area (Å²) in [6.07, 6.45) is -1.26. The molecule has 22 heavy (non-hydrogen) atoms. The molecule has 0 aromatic carbocycles. The van der Waals surface area contributed by atoms with Crippen molar-refractivity contribution in [3.05, 3.63) is 27.6 Å². The fraction of sp³-hybridized carbons (Fsp3) is 0.538. The minimum absolute atomic E-state index is 0.0610. The Morgan fingerprint density at radius 1 is 1.45 bits per heavy atom. The Hall–Kier alpha value is -1.12. The highest BCUT2D eigenvalue weighted by Gasteiger charge is 2.32. The summed E-state index contributed by atoms with van der Waals surface area (Å²) in [5.41, 5.74) is -0.596. The molecule has 0 amide bonds. The predicted molar refractivity (Wildman–Crippen MR) is 79.4 cm³/mol. The predicted octanol–water partition coefficient (Wildman–Crippen LogP) is 3.98. The molecule has 2 aromatic heterocycles. The number of halogens is 4. The smallest absolute Gasteiger partial charge is 0.282 e. The van der Waals surface area contributed by atoms with Crippen LogP contribution < -0.4 is 0 Å². The van der Waals surface area contributed by atoms with Crippen molar-refractivity contribution in [3.8, 4) is 0 Å². The van der Waals surface area contributed by atoms with Crippen LogP contribution in [0, 0.1) is 4.77 Å². The normalized spacial score (nSPS) is 15.9. The van der Waals surface area contributed by atoms with Gasteiger partial charge in [0.2, 0.25) is 4.77 Å². The van der Waals surface area contributed by atoms with Crippen molar-refractivity contribution in [2.75, 3.05) is 6.54 Å². The molecule has 3 rings (SSSR count). The lowest BCUT2D eigenvalue weighted by atomic mass is 10.3. The van der Waals surface area contributed by atoms with E-state index >= 15 is 0 Å². The average Bonchev–Trinajstić information content (AvgIpc) is 3.22. The summed E-state index contributed by atoms with van der Waals surface area (Å²) < 4.78 is 41.6. The largest absolute Gasteiger partial charge is 0.417 e. The highest BCUT2D eigenvalue weighted by molar-refractivity contribution is 7.71. The lowest BCUT2D eigenvalue weighted by Crippen LogP contribution is -2.29. The third kappa shape index (κ3) is 2.87. The van der Waals surface area contributed by atoms with Crippen molar-refractivity contribution in [2.45, 2.75) is 38.7 Å². The summed E-state index contributed by atoms with van der Waals surface area (Å²) in [6, 6.07) is 1.39. The molecule has 9 heteroatoms. The van der Waals surface area contributed by atoms with Crippen molar-refractivity contribution >= 4 is 29.5 Å². The van der Waals surface area contributed by atoms with Gasteiger partial charge in [-0.1, -0.05) is 18.5 Å². The third-order valence-electron chi connectivity index (χ3n) is 3.75. The number of hydrogen-bond acceptors (Lipinski definition) is 3. The minimum atomic E-state index is -4.47. The van der Waals surface area contributed by atoms with E-state index in [-0.39, 0.29) is 15.4 Å². The van der Waals surface area contributed by atoms with Gasteiger partial charge in [0.1, 0.15) is 0 Å². The molecule has 1 aliphatic rings. The van der Waals surface area contributed by atoms with Crippen molar-refractivity contribution in [3.63, 3.8) is 0 Å². The molecule has 2 heterocycles. The molecule has 0 atom stereocenters. The molecule has 4 nitrogen and oxygen atoms in total. The van der Waals surface area contributed by atoms with Gasteiger partial charge in [0.25, 0.3) is 0 Å². The lowest BCUT2D eigenvalue weighted by molar-refractivity contribution is -0.137. The third-order valence-corrected chi connectivity index (χ3v) is 4.43. The second kappa shape index (κ2) is 5.50. The molecule has 120 valence electrons. The molecule has 1 fully saturated rings. The number of fused-ring (bicyclic) bond motifs is 1. The average molecular weight is 351 g/mol. The summed E-state index contributed by atoms with van der Waals surface area (Å²) in [5, 5.41) is 4.21. The summed E-state index contributed by atoms with van der Waals surface area (Å²) in [6.45, 7) is 3.33. The topological polar surface area (TPSA) is 25.5 Å². The molecular weight excluding hydrogens is 337 g/mol. The number of pyridine rings is 1. The van der Waals surface area contributed by atoms with E-state index in [2.05, 4.69) is 10.00 Å². The van der Waals surface area contributed by atoms with Crippen LogP contribution in [0.1, 0.15) is 25.3 Å². The molecule has 0 aliphatic heterocycles. The first-order valence-corrected chi connectivity index (χ1v) is 7.70. The maximum Gasteiger partial charge on any atom is 0.417 e. The van der Waals surface area contributed by atoms with Gasteiger partial charge in [-0.15, -0.1) is 5.10 Å². The summed E-state index contributed by atoms with van der Waals surface area (Å²) in [5.74, 6) is 0. The zero-order valence-corrected chi connectivity index (χ0v) is 13.3. The molecule has 0 spiro atoms. The number of aromatic nitrogens is 3. The first-order chi connectivity index (χ1) is 10.3. The van der Waals surface area contributed by atoms with E-state index in [1.54, 1.807) is 0 Å². The maximum atomic E-state index is 12.9. The standard InChI is InChI=1S/C13H14ClF3N4S/c1-2-19(9-3-4-9)7-21-12(22)20-6-8(13(15,16)17)5-10(14)11(20)18-21/h5-6,9H,2-4,7H2,1H3. The van der Waals surface area contributed by atoms with Crippen LogP contribution in [0.4, 0.5) is 13.2 Å². The fourth-order valence-electron chi connectivity index (χ4n) is 2.41. The number of alkyl halides is 3. The molecule has 0 saturated heterocycles. The monoisotopic (exact) mass is 350 g/mol. The van der Waals surface area contributed by atoms with Gasteiger partial charge >= 0.3 is 6.18 Å². The molecule has 0 unspecified atom stereocenters. The quantitative estimate of drug-likeness (QED) is 0.780. The highest BCUT2D eigenvalue weighted by Crippen LogP contribution is 2.32. The minimum Gasteiger partial charge on any atom is -0.282 e. The van der Waals surface area contributed by atoms with E-state index in [1.165, 1.54) is 9.08 Å². The Labute approximate surface area is 135 Å². The van der Waals surface area contributed by atoms with Crippen LogP contribution in [0.3, 0.4) is 0 Å². The van der Waals surface area contributed by atoms with Crippen molar-refractivity contribution in [2.24, 2.45) is 0 Å². The van der Waals surface area contributed by atoms with E-state index in [4.69, 9.17) is 23.8 Å². The Balaban J connectivity index is 2.05. The van der Waals surface area contributed by atoms with Gasteiger partial charge in [0, 0.05) is 12.2 Å². The van der Waals surface area contributed by atoms with Gasteiger partial charge in [-0.3, -0.25) is 9.30 Å². The van der Waals surface area contributed by atoms with Crippen LogP contribution in [-0.4, -0.2) is 31.7 Å².